The number of aliphatic hydroxyl groups excluding tert-OH is 1. The van der Waals surface area contributed by atoms with Gasteiger partial charge in [0.15, 0.2) is 0 Å². The number of aryl methyl sites for hydroxylation is 1. The highest BCUT2D eigenvalue weighted by Gasteiger charge is 2.06. The first-order valence-electron chi connectivity index (χ1n) is 4.54. The highest BCUT2D eigenvalue weighted by Crippen LogP contribution is 2.05. The van der Waals surface area contributed by atoms with Gasteiger partial charge in [-0.25, -0.2) is 0 Å². The Morgan fingerprint density at radius 3 is 2.43 bits per heavy atom. The van der Waals surface area contributed by atoms with Crippen molar-refractivity contribution in [2.45, 2.75) is 13.5 Å². The van der Waals surface area contributed by atoms with Gasteiger partial charge < -0.3 is 10.0 Å². The van der Waals surface area contributed by atoms with E-state index in [0.29, 0.717) is 6.54 Å². The topological polar surface area (TPSA) is 40.5 Å². The molecule has 3 nitrogen and oxygen atoms in total. The maximum atomic E-state index is 11.1. The molecule has 0 heterocycles. The van der Waals surface area contributed by atoms with Crippen molar-refractivity contribution in [3.05, 3.63) is 35.4 Å². The third kappa shape index (κ3) is 2.85. The second-order valence-corrected chi connectivity index (χ2v) is 3.39. The van der Waals surface area contributed by atoms with E-state index in [2.05, 4.69) is 0 Å². The SMILES string of the molecule is Cc1ccc(CN(C)C(=O)CO)cc1. The summed E-state index contributed by atoms with van der Waals surface area (Å²) >= 11 is 0. The molecule has 0 unspecified atom stereocenters. The molecule has 1 aromatic rings. The first-order chi connectivity index (χ1) is 6.63. The Hall–Kier alpha value is -1.35. The van der Waals surface area contributed by atoms with E-state index in [-0.39, 0.29) is 5.91 Å². The Bertz CT molecular complexity index is 306. The van der Waals surface area contributed by atoms with Gasteiger partial charge in [-0.3, -0.25) is 4.79 Å². The first-order valence-corrected chi connectivity index (χ1v) is 4.54. The van der Waals surface area contributed by atoms with Crippen LogP contribution in [0.1, 0.15) is 11.1 Å². The second-order valence-electron chi connectivity index (χ2n) is 3.39. The molecule has 1 amide bonds. The van der Waals surface area contributed by atoms with E-state index in [0.717, 1.165) is 5.56 Å². The van der Waals surface area contributed by atoms with Crippen molar-refractivity contribution in [2.75, 3.05) is 13.7 Å². The standard InChI is InChI=1S/C11H15NO2/c1-9-3-5-10(6-4-9)7-12(2)11(14)8-13/h3-6,13H,7-8H2,1-2H3. The zero-order chi connectivity index (χ0) is 10.6. The molecule has 0 atom stereocenters. The monoisotopic (exact) mass is 193 g/mol. The van der Waals surface area contributed by atoms with Gasteiger partial charge in [0.2, 0.25) is 5.91 Å². The van der Waals surface area contributed by atoms with Crippen molar-refractivity contribution in [3.63, 3.8) is 0 Å². The summed E-state index contributed by atoms with van der Waals surface area (Å²) in [5.74, 6) is -0.259. The minimum absolute atomic E-state index is 0.259. The zero-order valence-electron chi connectivity index (χ0n) is 8.53. The molecular formula is C11H15NO2. The molecule has 1 N–H and O–H groups in total. The Balaban J connectivity index is 2.60. The summed E-state index contributed by atoms with van der Waals surface area (Å²) < 4.78 is 0. The van der Waals surface area contributed by atoms with E-state index in [1.54, 1.807) is 7.05 Å². The number of carbonyl (C=O) groups is 1. The maximum Gasteiger partial charge on any atom is 0.248 e. The Morgan fingerprint density at radius 1 is 1.36 bits per heavy atom. The lowest BCUT2D eigenvalue weighted by molar-refractivity contribution is -0.133. The summed E-state index contributed by atoms with van der Waals surface area (Å²) in [7, 11) is 1.68. The largest absolute Gasteiger partial charge is 0.387 e. The number of benzene rings is 1. The van der Waals surface area contributed by atoms with Crippen LogP contribution in [0.2, 0.25) is 0 Å². The van der Waals surface area contributed by atoms with E-state index < -0.39 is 6.61 Å². The Morgan fingerprint density at radius 2 is 1.93 bits per heavy atom. The fourth-order valence-electron chi connectivity index (χ4n) is 1.18. The third-order valence-corrected chi connectivity index (χ3v) is 2.10. The average molecular weight is 193 g/mol. The van der Waals surface area contributed by atoms with Gasteiger partial charge in [-0.15, -0.1) is 0 Å². The fourth-order valence-corrected chi connectivity index (χ4v) is 1.18. The van der Waals surface area contributed by atoms with Gasteiger partial charge in [0.05, 0.1) is 0 Å². The van der Waals surface area contributed by atoms with Crippen LogP contribution in [0, 0.1) is 6.92 Å². The fraction of sp³-hybridized carbons (Fsp3) is 0.364. The van der Waals surface area contributed by atoms with Crippen LogP contribution < -0.4 is 0 Å². The van der Waals surface area contributed by atoms with Crippen molar-refractivity contribution < 1.29 is 9.90 Å². The van der Waals surface area contributed by atoms with Crippen molar-refractivity contribution in [2.24, 2.45) is 0 Å². The molecule has 0 radical (unpaired) electrons. The number of amides is 1. The number of nitrogens with zero attached hydrogens (tertiary/aromatic N) is 1. The number of hydrogen-bond acceptors (Lipinski definition) is 2. The zero-order valence-corrected chi connectivity index (χ0v) is 8.53. The van der Waals surface area contributed by atoms with E-state index in [4.69, 9.17) is 5.11 Å². The number of aliphatic hydroxyl groups is 1. The summed E-state index contributed by atoms with van der Waals surface area (Å²) in [6.07, 6.45) is 0. The number of hydrogen-bond donors (Lipinski definition) is 1. The molecule has 0 saturated heterocycles. The Kier molecular flexibility index (Phi) is 3.65. The summed E-state index contributed by atoms with van der Waals surface area (Å²) in [5, 5.41) is 8.64. The summed E-state index contributed by atoms with van der Waals surface area (Å²) in [5.41, 5.74) is 2.27. The van der Waals surface area contributed by atoms with Crippen molar-refractivity contribution in [1.82, 2.24) is 4.90 Å². The molecule has 1 rings (SSSR count). The van der Waals surface area contributed by atoms with Crippen LogP contribution in [0.25, 0.3) is 0 Å². The lowest BCUT2D eigenvalue weighted by atomic mass is 10.1. The van der Waals surface area contributed by atoms with E-state index >= 15 is 0 Å². The van der Waals surface area contributed by atoms with Crippen LogP contribution in [0.3, 0.4) is 0 Å². The molecule has 0 aliphatic carbocycles. The van der Waals surface area contributed by atoms with E-state index in [9.17, 15) is 4.79 Å². The van der Waals surface area contributed by atoms with Crippen molar-refractivity contribution >= 4 is 5.91 Å². The number of likely N-dealkylation sites (N-methyl/N-ethyl adjacent to an activating group) is 1. The Labute approximate surface area is 84.0 Å². The normalized spacial score (nSPS) is 9.93. The average Bonchev–Trinajstić information content (AvgIpc) is 2.20. The van der Waals surface area contributed by atoms with Gasteiger partial charge in [0, 0.05) is 13.6 Å². The quantitative estimate of drug-likeness (QED) is 0.776. The molecule has 0 fully saturated rings. The van der Waals surface area contributed by atoms with Crippen LogP contribution in [-0.4, -0.2) is 29.6 Å². The summed E-state index contributed by atoms with van der Waals surface area (Å²) in [6, 6.07) is 7.98. The predicted octanol–water partition coefficient (Wildman–Crippen LogP) is 0.946. The molecule has 0 aliphatic heterocycles. The molecule has 0 spiro atoms. The lowest BCUT2D eigenvalue weighted by Gasteiger charge is -2.15. The van der Waals surface area contributed by atoms with Crippen LogP contribution in [0.5, 0.6) is 0 Å². The number of rotatable bonds is 3. The van der Waals surface area contributed by atoms with Gasteiger partial charge in [0.25, 0.3) is 0 Å². The minimum atomic E-state index is -0.428. The summed E-state index contributed by atoms with van der Waals surface area (Å²) in [4.78, 5) is 12.6. The molecule has 14 heavy (non-hydrogen) atoms. The molecule has 0 aliphatic rings. The van der Waals surface area contributed by atoms with Gasteiger partial charge in [-0.2, -0.15) is 0 Å². The van der Waals surface area contributed by atoms with Gasteiger partial charge in [0.1, 0.15) is 6.61 Å². The molecular weight excluding hydrogens is 178 g/mol. The predicted molar refractivity (Wildman–Crippen MR) is 54.7 cm³/mol. The summed E-state index contributed by atoms with van der Waals surface area (Å²) in [6.45, 7) is 2.13. The van der Waals surface area contributed by atoms with Crippen LogP contribution >= 0.6 is 0 Å². The van der Waals surface area contributed by atoms with Gasteiger partial charge >= 0.3 is 0 Å². The highest BCUT2D eigenvalue weighted by atomic mass is 16.3. The smallest absolute Gasteiger partial charge is 0.248 e. The van der Waals surface area contributed by atoms with Crippen LogP contribution in [0.4, 0.5) is 0 Å². The van der Waals surface area contributed by atoms with Gasteiger partial charge in [-0.1, -0.05) is 29.8 Å². The molecule has 0 saturated carbocycles. The lowest BCUT2D eigenvalue weighted by Crippen LogP contribution is -2.28. The van der Waals surface area contributed by atoms with Crippen LogP contribution in [-0.2, 0) is 11.3 Å². The number of carbonyl (C=O) groups excluding carboxylic acids is 1. The second kappa shape index (κ2) is 4.77. The minimum Gasteiger partial charge on any atom is -0.387 e. The van der Waals surface area contributed by atoms with E-state index in [1.807, 2.05) is 31.2 Å². The first kappa shape index (κ1) is 10.7. The van der Waals surface area contributed by atoms with E-state index in [1.165, 1.54) is 10.5 Å². The molecule has 3 heteroatoms. The van der Waals surface area contributed by atoms with Crippen LogP contribution in [0.15, 0.2) is 24.3 Å². The van der Waals surface area contributed by atoms with Crippen molar-refractivity contribution in [3.8, 4) is 0 Å². The highest BCUT2D eigenvalue weighted by molar-refractivity contribution is 5.76. The van der Waals surface area contributed by atoms with Gasteiger partial charge in [-0.05, 0) is 12.5 Å². The molecule has 0 bridgehead atoms. The maximum absolute atomic E-state index is 11.1. The molecule has 76 valence electrons. The third-order valence-electron chi connectivity index (χ3n) is 2.10. The molecule has 1 aromatic carbocycles. The molecule has 0 aromatic heterocycles. The van der Waals surface area contributed by atoms with Crippen molar-refractivity contribution in [1.29, 1.82) is 0 Å².